The highest BCUT2D eigenvalue weighted by molar-refractivity contribution is 5.97. The van der Waals surface area contributed by atoms with Crippen molar-refractivity contribution in [1.29, 1.82) is 0 Å². The third kappa shape index (κ3) is 3.48. The van der Waals surface area contributed by atoms with E-state index in [1.54, 1.807) is 48.9 Å². The number of fused-ring (bicyclic) bond motifs is 1. The van der Waals surface area contributed by atoms with Gasteiger partial charge in [0.05, 0.1) is 16.0 Å². The maximum atomic E-state index is 12.5. The minimum atomic E-state index is -0.392. The van der Waals surface area contributed by atoms with Crippen molar-refractivity contribution in [3.63, 3.8) is 0 Å². The van der Waals surface area contributed by atoms with Crippen LogP contribution in [0.3, 0.4) is 0 Å². The molecule has 1 aliphatic rings. The van der Waals surface area contributed by atoms with Gasteiger partial charge in [-0.05, 0) is 43.2 Å². The largest absolute Gasteiger partial charge is 0.380 e. The molecule has 3 aromatic rings. The topological polar surface area (TPSA) is 101 Å². The number of piperidine rings is 1. The van der Waals surface area contributed by atoms with Crippen LogP contribution in [0.25, 0.3) is 10.9 Å². The molecule has 0 spiro atoms. The summed E-state index contributed by atoms with van der Waals surface area (Å²) in [4.78, 5) is 33.5. The highest BCUT2D eigenvalue weighted by Crippen LogP contribution is 2.31. The molecule has 8 nitrogen and oxygen atoms in total. The van der Waals surface area contributed by atoms with Crippen LogP contribution in [0.2, 0.25) is 0 Å². The van der Waals surface area contributed by atoms with E-state index in [4.69, 9.17) is 0 Å². The zero-order chi connectivity index (χ0) is 19.5. The number of nitrogens with one attached hydrogen (secondary N) is 1. The zero-order valence-corrected chi connectivity index (χ0v) is 15.1. The van der Waals surface area contributed by atoms with Crippen molar-refractivity contribution in [3.8, 4) is 0 Å². The van der Waals surface area contributed by atoms with E-state index in [1.807, 2.05) is 4.90 Å². The molecule has 1 aromatic carbocycles. The number of nitro benzene ring substituents is 1. The van der Waals surface area contributed by atoms with E-state index in [0.717, 1.165) is 18.5 Å². The number of likely N-dealkylation sites (tertiary alicyclic amines) is 1. The van der Waals surface area contributed by atoms with Gasteiger partial charge in [0.1, 0.15) is 5.52 Å². The Hall–Kier alpha value is -3.55. The summed E-state index contributed by atoms with van der Waals surface area (Å²) in [6.07, 6.45) is 6.46. The molecular formula is C20H19N5O3. The van der Waals surface area contributed by atoms with Gasteiger partial charge in [0.15, 0.2) is 0 Å². The number of benzene rings is 1. The van der Waals surface area contributed by atoms with Gasteiger partial charge >= 0.3 is 0 Å². The van der Waals surface area contributed by atoms with E-state index < -0.39 is 4.92 Å². The summed E-state index contributed by atoms with van der Waals surface area (Å²) >= 11 is 0. The first-order valence-corrected chi connectivity index (χ1v) is 9.11. The van der Waals surface area contributed by atoms with Crippen molar-refractivity contribution in [1.82, 2.24) is 14.9 Å². The average molecular weight is 377 g/mol. The smallest absolute Gasteiger partial charge is 0.278 e. The second-order valence-electron chi connectivity index (χ2n) is 6.74. The van der Waals surface area contributed by atoms with Gasteiger partial charge in [0.2, 0.25) is 0 Å². The molecule has 1 amide bonds. The molecule has 1 N–H and O–H groups in total. The van der Waals surface area contributed by atoms with Crippen molar-refractivity contribution in [2.75, 3.05) is 18.4 Å². The number of pyridine rings is 2. The van der Waals surface area contributed by atoms with Crippen LogP contribution in [0.5, 0.6) is 0 Å². The Labute approximate surface area is 161 Å². The number of non-ortho nitro benzene ring substituents is 1. The summed E-state index contributed by atoms with van der Waals surface area (Å²) in [5.41, 5.74) is 2.06. The fourth-order valence-corrected chi connectivity index (χ4v) is 3.56. The molecule has 3 heterocycles. The lowest BCUT2D eigenvalue weighted by atomic mass is 10.0. The molecule has 1 fully saturated rings. The summed E-state index contributed by atoms with van der Waals surface area (Å²) in [5.74, 6) is 0.0169. The minimum absolute atomic E-state index is 0.0169. The van der Waals surface area contributed by atoms with E-state index in [-0.39, 0.29) is 17.6 Å². The number of hydrogen-bond donors (Lipinski definition) is 1. The molecule has 4 rings (SSSR count). The molecule has 0 radical (unpaired) electrons. The van der Waals surface area contributed by atoms with E-state index >= 15 is 0 Å². The normalized spacial score (nSPS) is 14.8. The molecule has 2 aromatic heterocycles. The number of nitro groups is 1. The van der Waals surface area contributed by atoms with E-state index in [2.05, 4.69) is 15.3 Å². The van der Waals surface area contributed by atoms with Crippen LogP contribution < -0.4 is 5.32 Å². The van der Waals surface area contributed by atoms with Gasteiger partial charge in [-0.2, -0.15) is 0 Å². The monoisotopic (exact) mass is 377 g/mol. The average Bonchev–Trinajstić information content (AvgIpc) is 2.74. The van der Waals surface area contributed by atoms with Gasteiger partial charge in [-0.15, -0.1) is 0 Å². The first-order chi connectivity index (χ1) is 13.6. The second kappa shape index (κ2) is 7.59. The van der Waals surface area contributed by atoms with Crippen LogP contribution in [-0.2, 0) is 0 Å². The summed E-state index contributed by atoms with van der Waals surface area (Å²) < 4.78 is 0. The molecule has 0 aliphatic carbocycles. The van der Waals surface area contributed by atoms with Crippen molar-refractivity contribution >= 4 is 28.2 Å². The fraction of sp³-hybridized carbons (Fsp3) is 0.250. The number of aromatic nitrogens is 2. The SMILES string of the molecule is O=C(c1ccncc1)N1CCC(Nc2ccc([N+](=O)[O-])c3cccnc23)CC1. The van der Waals surface area contributed by atoms with Crippen LogP contribution in [-0.4, -0.2) is 44.8 Å². The first kappa shape index (κ1) is 17.8. The first-order valence-electron chi connectivity index (χ1n) is 9.11. The number of hydrogen-bond acceptors (Lipinski definition) is 6. The third-order valence-electron chi connectivity index (χ3n) is 5.01. The summed E-state index contributed by atoms with van der Waals surface area (Å²) in [7, 11) is 0. The number of carbonyl (C=O) groups is 1. The molecule has 0 saturated carbocycles. The Balaban J connectivity index is 1.46. The molecule has 1 aliphatic heterocycles. The van der Waals surface area contributed by atoms with Gasteiger partial charge in [-0.25, -0.2) is 0 Å². The van der Waals surface area contributed by atoms with Crippen LogP contribution in [0, 0.1) is 10.1 Å². The highest BCUT2D eigenvalue weighted by atomic mass is 16.6. The molecule has 0 bridgehead atoms. The Morgan fingerprint density at radius 1 is 1.11 bits per heavy atom. The number of rotatable bonds is 4. The Bertz CT molecular complexity index is 1020. The lowest BCUT2D eigenvalue weighted by molar-refractivity contribution is -0.383. The van der Waals surface area contributed by atoms with Crippen molar-refractivity contribution in [2.45, 2.75) is 18.9 Å². The number of carbonyl (C=O) groups excluding carboxylic acids is 1. The Morgan fingerprint density at radius 3 is 2.57 bits per heavy atom. The molecule has 28 heavy (non-hydrogen) atoms. The van der Waals surface area contributed by atoms with Crippen LogP contribution >= 0.6 is 0 Å². The van der Waals surface area contributed by atoms with Crippen LogP contribution in [0.15, 0.2) is 55.0 Å². The highest BCUT2D eigenvalue weighted by Gasteiger charge is 2.24. The molecule has 1 saturated heterocycles. The van der Waals surface area contributed by atoms with Gasteiger partial charge in [0.25, 0.3) is 11.6 Å². The number of amides is 1. The molecule has 0 unspecified atom stereocenters. The standard InChI is InChI=1S/C20H19N5O3/c26-20(14-5-10-21-11-6-14)24-12-7-15(8-13-24)23-17-3-4-18(25(27)28)16-2-1-9-22-19(16)17/h1-6,9-11,15,23H,7-8,12-13H2. The van der Waals surface area contributed by atoms with Gasteiger partial charge in [-0.1, -0.05) is 0 Å². The predicted molar refractivity (Wildman–Crippen MR) is 105 cm³/mol. The minimum Gasteiger partial charge on any atom is -0.380 e. The molecular weight excluding hydrogens is 358 g/mol. The molecule has 8 heteroatoms. The van der Waals surface area contributed by atoms with Crippen LogP contribution in [0.1, 0.15) is 23.2 Å². The van der Waals surface area contributed by atoms with Gasteiger partial charge in [-0.3, -0.25) is 24.9 Å². The lowest BCUT2D eigenvalue weighted by Crippen LogP contribution is -2.42. The van der Waals surface area contributed by atoms with E-state index in [9.17, 15) is 14.9 Å². The summed E-state index contributed by atoms with van der Waals surface area (Å²) in [5, 5.41) is 15.2. The second-order valence-corrected chi connectivity index (χ2v) is 6.74. The summed E-state index contributed by atoms with van der Waals surface area (Å²) in [6.45, 7) is 1.30. The Morgan fingerprint density at radius 2 is 1.86 bits per heavy atom. The predicted octanol–water partition coefficient (Wildman–Crippen LogP) is 3.25. The third-order valence-corrected chi connectivity index (χ3v) is 5.01. The van der Waals surface area contributed by atoms with Gasteiger partial charge in [0, 0.05) is 49.4 Å². The molecule has 142 valence electrons. The van der Waals surface area contributed by atoms with Crippen LogP contribution in [0.4, 0.5) is 11.4 Å². The van der Waals surface area contributed by atoms with Gasteiger partial charge < -0.3 is 10.2 Å². The van der Waals surface area contributed by atoms with E-state index in [1.165, 1.54) is 6.07 Å². The zero-order valence-electron chi connectivity index (χ0n) is 15.1. The van der Waals surface area contributed by atoms with Crippen molar-refractivity contribution in [2.24, 2.45) is 0 Å². The lowest BCUT2D eigenvalue weighted by Gasteiger charge is -2.33. The maximum Gasteiger partial charge on any atom is 0.278 e. The quantitative estimate of drug-likeness (QED) is 0.553. The maximum absolute atomic E-state index is 12.5. The van der Waals surface area contributed by atoms with E-state index in [0.29, 0.717) is 29.6 Å². The number of nitrogens with zero attached hydrogens (tertiary/aromatic N) is 4. The van der Waals surface area contributed by atoms with Crippen molar-refractivity contribution in [3.05, 3.63) is 70.7 Å². The fourth-order valence-electron chi connectivity index (χ4n) is 3.56. The summed E-state index contributed by atoms with van der Waals surface area (Å²) in [6, 6.07) is 10.2. The number of anilines is 1. The molecule has 0 atom stereocenters. The van der Waals surface area contributed by atoms with Crippen molar-refractivity contribution < 1.29 is 9.72 Å². The Kier molecular flexibility index (Phi) is 4.84.